The van der Waals surface area contributed by atoms with Crippen LogP contribution in [0.2, 0.25) is 0 Å². The molecule has 0 spiro atoms. The zero-order valence-electron chi connectivity index (χ0n) is 32.2. The molecule has 0 saturated carbocycles. The molecule has 60 heavy (non-hydrogen) atoms. The lowest BCUT2D eigenvalue weighted by Crippen LogP contribution is -1.93. The minimum absolute atomic E-state index is 0.664. The zero-order valence-corrected chi connectivity index (χ0v) is 32.2. The van der Waals surface area contributed by atoms with Crippen LogP contribution in [0.4, 0.5) is 5.69 Å². The number of rotatable bonds is 6. The van der Waals surface area contributed by atoms with Gasteiger partial charge in [-0.25, -0.2) is 9.83 Å². The van der Waals surface area contributed by atoms with E-state index in [1.54, 1.807) is 18.6 Å². The summed E-state index contributed by atoms with van der Waals surface area (Å²) in [4.78, 5) is 27.4. The van der Waals surface area contributed by atoms with Crippen molar-refractivity contribution in [3.8, 4) is 67.0 Å². The van der Waals surface area contributed by atoms with Gasteiger partial charge in [-0.2, -0.15) is 0 Å². The van der Waals surface area contributed by atoms with Crippen LogP contribution in [0.3, 0.4) is 0 Å². The molecule has 5 aromatic heterocycles. The van der Waals surface area contributed by atoms with E-state index in [2.05, 4.69) is 112 Å². The molecule has 11 aromatic rings. The fourth-order valence-corrected chi connectivity index (χ4v) is 8.50. The molecule has 6 heteroatoms. The van der Waals surface area contributed by atoms with Crippen LogP contribution < -0.4 is 0 Å². The minimum atomic E-state index is 0.664. The van der Waals surface area contributed by atoms with E-state index in [9.17, 15) is 0 Å². The topological polar surface area (TPSA) is 68.8 Å². The summed E-state index contributed by atoms with van der Waals surface area (Å²) in [7, 11) is 0. The summed E-state index contributed by atoms with van der Waals surface area (Å²) < 4.78 is 0. The maximum absolute atomic E-state index is 7.67. The number of aromatic nitrogens is 5. The second-order valence-corrected chi connectivity index (χ2v) is 14.8. The Hall–Kier alpha value is -8.40. The van der Waals surface area contributed by atoms with Crippen molar-refractivity contribution in [2.75, 3.05) is 0 Å². The van der Waals surface area contributed by atoms with Crippen LogP contribution in [0.25, 0.3) is 115 Å². The number of fused-ring (bicyclic) bond motifs is 6. The highest BCUT2D eigenvalue weighted by Gasteiger charge is 2.18. The van der Waals surface area contributed by atoms with Crippen LogP contribution in [0.5, 0.6) is 0 Å². The standard InChI is InChI=1S/C54H32N6/c1-55-50-20-19-41(42-11-2-3-12-43(42)50)34-15-17-35(18-16-34)46-31-48-45-14-7-25-59-54(45)47(32-49(48)44-13-6-24-58-53(44)46)38-9-4-8-37(28-38)40-29-51(36-21-26-56-27-22-36)60-52(30-40)39-10-5-23-57-33-39/h2-33H. The van der Waals surface area contributed by atoms with Gasteiger partial charge < -0.3 is 0 Å². The van der Waals surface area contributed by atoms with Gasteiger partial charge in [0.25, 0.3) is 0 Å². The first-order valence-corrected chi connectivity index (χ1v) is 19.7. The van der Waals surface area contributed by atoms with Gasteiger partial charge in [0.1, 0.15) is 0 Å². The van der Waals surface area contributed by atoms with Crippen molar-refractivity contribution in [3.63, 3.8) is 0 Å². The molecule has 0 bridgehead atoms. The average Bonchev–Trinajstić information content (AvgIpc) is 3.33. The first-order chi connectivity index (χ1) is 29.7. The Balaban J connectivity index is 1.05. The highest BCUT2D eigenvalue weighted by molar-refractivity contribution is 6.22. The molecule has 0 atom stereocenters. The van der Waals surface area contributed by atoms with Gasteiger partial charge in [-0.1, -0.05) is 91.0 Å². The molecule has 5 heterocycles. The monoisotopic (exact) mass is 764 g/mol. The van der Waals surface area contributed by atoms with Crippen molar-refractivity contribution in [1.82, 2.24) is 24.9 Å². The van der Waals surface area contributed by atoms with E-state index < -0.39 is 0 Å². The van der Waals surface area contributed by atoms with Crippen molar-refractivity contribution in [3.05, 3.63) is 206 Å². The number of pyridine rings is 5. The second-order valence-electron chi connectivity index (χ2n) is 14.8. The molecule has 6 nitrogen and oxygen atoms in total. The third kappa shape index (κ3) is 6.01. The zero-order chi connectivity index (χ0) is 40.0. The van der Waals surface area contributed by atoms with Crippen LogP contribution in [0.1, 0.15) is 0 Å². The van der Waals surface area contributed by atoms with E-state index in [0.29, 0.717) is 5.69 Å². The Bertz CT molecular complexity index is 3430. The first kappa shape index (κ1) is 34.8. The SMILES string of the molecule is [C-]#[N+]c1ccc(-c2ccc(-c3cc4c5cccnc5c(-c5cccc(-c6cc(-c7ccncc7)nc(-c7cccnc7)c6)c5)cc4c4cccnc34)cc2)c2ccccc12. The summed E-state index contributed by atoms with van der Waals surface area (Å²) in [6.07, 6.45) is 11.0. The van der Waals surface area contributed by atoms with Gasteiger partial charge in [0, 0.05) is 70.2 Å². The first-order valence-electron chi connectivity index (χ1n) is 19.7. The molecule has 0 fully saturated rings. The molecular formula is C54H32N6. The molecule has 0 radical (unpaired) electrons. The summed E-state index contributed by atoms with van der Waals surface area (Å²) in [6.45, 7) is 7.67. The van der Waals surface area contributed by atoms with Gasteiger partial charge in [0.2, 0.25) is 0 Å². The van der Waals surface area contributed by atoms with Crippen LogP contribution >= 0.6 is 0 Å². The third-order valence-electron chi connectivity index (χ3n) is 11.4. The Kier molecular flexibility index (Phi) is 8.42. The van der Waals surface area contributed by atoms with E-state index in [1.165, 1.54) is 0 Å². The highest BCUT2D eigenvalue weighted by atomic mass is 14.7. The predicted octanol–water partition coefficient (Wildman–Crippen LogP) is 13.8. The molecular weight excluding hydrogens is 733 g/mol. The van der Waals surface area contributed by atoms with Crippen LogP contribution in [-0.4, -0.2) is 24.9 Å². The van der Waals surface area contributed by atoms with Crippen LogP contribution in [0, 0.1) is 6.57 Å². The van der Waals surface area contributed by atoms with E-state index in [1.807, 2.05) is 79.3 Å². The number of hydrogen-bond acceptors (Lipinski definition) is 5. The van der Waals surface area contributed by atoms with Crippen molar-refractivity contribution in [2.24, 2.45) is 0 Å². The predicted molar refractivity (Wildman–Crippen MR) is 244 cm³/mol. The van der Waals surface area contributed by atoms with E-state index >= 15 is 0 Å². The summed E-state index contributed by atoms with van der Waals surface area (Å²) >= 11 is 0. The van der Waals surface area contributed by atoms with Crippen molar-refractivity contribution in [2.45, 2.75) is 0 Å². The summed E-state index contributed by atoms with van der Waals surface area (Å²) in [6, 6.07) is 54.7. The van der Waals surface area contributed by atoms with E-state index in [-0.39, 0.29) is 0 Å². The Morgan fingerprint density at radius 1 is 0.350 bits per heavy atom. The molecule has 0 amide bonds. The van der Waals surface area contributed by atoms with Crippen LogP contribution in [-0.2, 0) is 0 Å². The van der Waals surface area contributed by atoms with Crippen molar-refractivity contribution < 1.29 is 0 Å². The molecule has 0 N–H and O–H groups in total. The lowest BCUT2D eigenvalue weighted by atomic mass is 9.89. The molecule has 278 valence electrons. The average molecular weight is 765 g/mol. The number of nitrogens with zero attached hydrogens (tertiary/aromatic N) is 6. The molecule has 0 aliphatic carbocycles. The lowest BCUT2D eigenvalue weighted by molar-refractivity contribution is 1.27. The summed E-state index contributed by atoms with van der Waals surface area (Å²) in [5, 5.41) is 6.43. The normalized spacial score (nSPS) is 11.3. The molecule has 0 unspecified atom stereocenters. The quantitative estimate of drug-likeness (QED) is 0.125. The second kappa shape index (κ2) is 14.5. The Morgan fingerprint density at radius 2 is 0.950 bits per heavy atom. The van der Waals surface area contributed by atoms with Gasteiger partial charge in [0.05, 0.1) is 29.0 Å². The van der Waals surface area contributed by atoms with Gasteiger partial charge in [-0.3, -0.25) is 19.9 Å². The summed E-state index contributed by atoms with van der Waals surface area (Å²) in [5.74, 6) is 0. The van der Waals surface area contributed by atoms with Crippen molar-refractivity contribution >= 4 is 49.0 Å². The van der Waals surface area contributed by atoms with Gasteiger partial charge in [-0.15, -0.1) is 0 Å². The van der Waals surface area contributed by atoms with Gasteiger partial charge in [0.15, 0.2) is 5.69 Å². The maximum atomic E-state index is 7.67. The fourth-order valence-electron chi connectivity index (χ4n) is 8.50. The summed E-state index contributed by atoms with van der Waals surface area (Å²) in [5.41, 5.74) is 14.8. The molecule has 0 saturated heterocycles. The number of benzene rings is 6. The molecule has 11 rings (SSSR count). The molecule has 0 aliphatic heterocycles. The smallest absolute Gasteiger partial charge is 0.194 e. The van der Waals surface area contributed by atoms with Gasteiger partial charge >= 0.3 is 0 Å². The Morgan fingerprint density at radius 3 is 1.63 bits per heavy atom. The maximum Gasteiger partial charge on any atom is 0.194 e. The molecule has 6 aromatic carbocycles. The third-order valence-corrected chi connectivity index (χ3v) is 11.4. The van der Waals surface area contributed by atoms with Crippen LogP contribution in [0.15, 0.2) is 195 Å². The van der Waals surface area contributed by atoms with E-state index in [0.717, 1.165) is 110 Å². The highest BCUT2D eigenvalue weighted by Crippen LogP contribution is 2.42. The number of hydrogen-bond donors (Lipinski definition) is 0. The Labute approximate surface area is 346 Å². The fraction of sp³-hybridized carbons (Fsp3) is 0. The molecule has 0 aliphatic rings. The minimum Gasteiger partial charge on any atom is -0.265 e. The van der Waals surface area contributed by atoms with E-state index in [4.69, 9.17) is 21.5 Å². The lowest BCUT2D eigenvalue weighted by Gasteiger charge is -2.16. The largest absolute Gasteiger partial charge is 0.265 e. The van der Waals surface area contributed by atoms with Gasteiger partial charge in [-0.05, 0) is 122 Å². The van der Waals surface area contributed by atoms with Crippen molar-refractivity contribution in [1.29, 1.82) is 0 Å².